The van der Waals surface area contributed by atoms with Crippen LogP contribution in [0.5, 0.6) is 0 Å². The molecule has 0 aromatic heterocycles. The number of halogens is 2. The number of rotatable bonds is 2. The summed E-state index contributed by atoms with van der Waals surface area (Å²) in [7, 11) is 0. The third-order valence-electron chi connectivity index (χ3n) is 2.50. The van der Waals surface area contributed by atoms with Crippen molar-refractivity contribution in [3.63, 3.8) is 0 Å². The highest BCUT2D eigenvalue weighted by Crippen LogP contribution is 2.32. The Morgan fingerprint density at radius 1 is 1.45 bits per heavy atom. The Labute approximate surface area is 73.1 Å². The molecule has 1 aliphatic rings. The van der Waals surface area contributed by atoms with Crippen molar-refractivity contribution in [1.82, 2.24) is 0 Å². The van der Waals surface area contributed by atoms with Gasteiger partial charge in [-0.1, -0.05) is 19.8 Å². The van der Waals surface area contributed by atoms with Gasteiger partial charge in [0.25, 0.3) is 0 Å². The van der Waals surface area contributed by atoms with E-state index in [1.54, 1.807) is 0 Å². The number of hydrogen-bond acceptors (Lipinski definition) is 0. The van der Waals surface area contributed by atoms with Gasteiger partial charge in [-0.3, -0.25) is 0 Å². The van der Waals surface area contributed by atoms with Gasteiger partial charge in [0.15, 0.2) is 0 Å². The minimum absolute atomic E-state index is 0.205. The molecule has 1 aliphatic carbocycles. The van der Waals surface area contributed by atoms with Crippen molar-refractivity contribution in [3.05, 3.63) is 0 Å². The first-order chi connectivity index (χ1) is 5.24. The summed E-state index contributed by atoms with van der Waals surface area (Å²) in [6.07, 6.45) is 4.29. The minimum Gasteiger partial charge on any atom is -0.246 e. The molecule has 2 heteroatoms. The quantitative estimate of drug-likeness (QED) is 0.568. The van der Waals surface area contributed by atoms with Crippen LogP contribution in [-0.2, 0) is 0 Å². The van der Waals surface area contributed by atoms with Gasteiger partial charge in [-0.05, 0) is 25.2 Å². The first-order valence-corrected chi connectivity index (χ1v) is 4.95. The highest BCUT2D eigenvalue weighted by molar-refractivity contribution is 6.21. The van der Waals surface area contributed by atoms with Crippen LogP contribution in [0.25, 0.3) is 0 Å². The minimum atomic E-state index is -0.748. The highest BCUT2D eigenvalue weighted by atomic mass is 35.5. The van der Waals surface area contributed by atoms with Gasteiger partial charge in [0.05, 0.1) is 5.38 Å². The lowest BCUT2D eigenvalue weighted by molar-refractivity contribution is 0.196. The molecule has 0 nitrogen and oxygen atoms in total. The molecule has 3 atom stereocenters. The van der Waals surface area contributed by atoms with Crippen LogP contribution in [0.3, 0.4) is 0 Å². The lowest BCUT2D eigenvalue weighted by atomic mass is 9.85. The Morgan fingerprint density at radius 2 is 2.18 bits per heavy atom. The molecule has 0 spiro atoms. The Morgan fingerprint density at radius 3 is 2.73 bits per heavy atom. The molecular formula is C9H16ClF. The summed E-state index contributed by atoms with van der Waals surface area (Å²) in [6, 6.07) is 0. The van der Waals surface area contributed by atoms with Gasteiger partial charge in [0.2, 0.25) is 0 Å². The molecule has 1 rings (SSSR count). The molecular weight excluding hydrogens is 163 g/mol. The maximum Gasteiger partial charge on any atom is 0.117 e. The monoisotopic (exact) mass is 178 g/mol. The summed E-state index contributed by atoms with van der Waals surface area (Å²) in [6.45, 7) is 2.15. The zero-order valence-electron chi connectivity index (χ0n) is 7.02. The Balaban J connectivity index is 2.28. The van der Waals surface area contributed by atoms with E-state index in [-0.39, 0.29) is 5.38 Å². The van der Waals surface area contributed by atoms with Crippen molar-refractivity contribution in [1.29, 1.82) is 0 Å². The molecule has 0 aliphatic heterocycles. The fraction of sp³-hybridized carbons (Fsp3) is 1.00. The third-order valence-corrected chi connectivity index (χ3v) is 2.99. The first-order valence-electron chi connectivity index (χ1n) is 4.52. The Hall–Kier alpha value is 0.220. The molecule has 2 unspecified atom stereocenters. The van der Waals surface area contributed by atoms with Crippen molar-refractivity contribution >= 4 is 11.6 Å². The van der Waals surface area contributed by atoms with E-state index in [9.17, 15) is 4.39 Å². The number of alkyl halides is 2. The van der Waals surface area contributed by atoms with Crippen LogP contribution in [0.2, 0.25) is 0 Å². The van der Waals surface area contributed by atoms with E-state index < -0.39 is 6.17 Å². The molecule has 1 saturated carbocycles. The molecule has 0 radical (unpaired) electrons. The zero-order chi connectivity index (χ0) is 8.27. The smallest absolute Gasteiger partial charge is 0.117 e. The van der Waals surface area contributed by atoms with Crippen LogP contribution in [0.15, 0.2) is 0 Å². The summed E-state index contributed by atoms with van der Waals surface area (Å²) in [4.78, 5) is 0. The van der Waals surface area contributed by atoms with E-state index in [4.69, 9.17) is 11.6 Å². The van der Waals surface area contributed by atoms with Gasteiger partial charge >= 0.3 is 0 Å². The van der Waals surface area contributed by atoms with Crippen LogP contribution in [0.1, 0.15) is 39.0 Å². The van der Waals surface area contributed by atoms with Gasteiger partial charge in [-0.15, -0.1) is 11.6 Å². The maximum absolute atomic E-state index is 13.0. The summed E-state index contributed by atoms with van der Waals surface area (Å²) >= 11 is 5.76. The van der Waals surface area contributed by atoms with Crippen molar-refractivity contribution in [3.8, 4) is 0 Å². The second-order valence-corrected chi connectivity index (χ2v) is 4.06. The molecule has 0 aromatic rings. The molecule has 1 fully saturated rings. The molecule has 0 aromatic carbocycles. The molecule has 0 heterocycles. The molecule has 0 N–H and O–H groups in total. The second kappa shape index (κ2) is 4.30. The molecule has 0 amide bonds. The average Bonchev–Trinajstić information content (AvgIpc) is 1.98. The standard InChI is InChI=1S/C9H16ClF/c1-2-3-7-4-5-8(10)9(11)6-7/h7-9H,2-6H2,1H3/t7?,8-,9?/m1/s1. The van der Waals surface area contributed by atoms with Crippen LogP contribution >= 0.6 is 11.6 Å². The van der Waals surface area contributed by atoms with Gasteiger partial charge in [-0.2, -0.15) is 0 Å². The van der Waals surface area contributed by atoms with Crippen LogP contribution in [0.4, 0.5) is 4.39 Å². The largest absolute Gasteiger partial charge is 0.246 e. The molecule has 0 bridgehead atoms. The topological polar surface area (TPSA) is 0 Å². The lowest BCUT2D eigenvalue weighted by Gasteiger charge is -2.27. The van der Waals surface area contributed by atoms with Crippen molar-refractivity contribution in [2.75, 3.05) is 0 Å². The van der Waals surface area contributed by atoms with Crippen molar-refractivity contribution in [2.24, 2.45) is 5.92 Å². The fourth-order valence-corrected chi connectivity index (χ4v) is 2.06. The van der Waals surface area contributed by atoms with Crippen LogP contribution in [-0.4, -0.2) is 11.5 Å². The predicted molar refractivity (Wildman–Crippen MR) is 46.8 cm³/mol. The van der Waals surface area contributed by atoms with E-state index >= 15 is 0 Å². The average molecular weight is 179 g/mol. The SMILES string of the molecule is CCCC1CC[C@@H](Cl)C(F)C1. The number of hydrogen-bond donors (Lipinski definition) is 0. The Bertz CT molecular complexity index is 116. The third kappa shape index (κ3) is 2.62. The van der Waals surface area contributed by atoms with Gasteiger partial charge in [0.1, 0.15) is 6.17 Å². The lowest BCUT2D eigenvalue weighted by Crippen LogP contribution is -2.26. The fourth-order valence-electron chi connectivity index (χ4n) is 1.83. The van der Waals surface area contributed by atoms with Crippen molar-refractivity contribution in [2.45, 2.75) is 50.6 Å². The summed E-state index contributed by atoms with van der Waals surface area (Å²) in [5, 5.41) is -0.205. The summed E-state index contributed by atoms with van der Waals surface area (Å²) < 4.78 is 13.0. The van der Waals surface area contributed by atoms with Gasteiger partial charge < -0.3 is 0 Å². The van der Waals surface area contributed by atoms with Crippen molar-refractivity contribution < 1.29 is 4.39 Å². The molecule has 11 heavy (non-hydrogen) atoms. The van der Waals surface area contributed by atoms with Gasteiger partial charge in [-0.25, -0.2) is 4.39 Å². The molecule has 66 valence electrons. The zero-order valence-corrected chi connectivity index (χ0v) is 7.78. The maximum atomic E-state index is 13.0. The first kappa shape index (κ1) is 9.31. The predicted octanol–water partition coefficient (Wildman–Crippen LogP) is 3.53. The van der Waals surface area contributed by atoms with Gasteiger partial charge in [0, 0.05) is 0 Å². The van der Waals surface area contributed by atoms with Crippen LogP contribution in [0, 0.1) is 5.92 Å². The van der Waals surface area contributed by atoms with E-state index in [1.807, 2.05) is 0 Å². The van der Waals surface area contributed by atoms with E-state index in [0.717, 1.165) is 12.8 Å². The van der Waals surface area contributed by atoms with E-state index in [0.29, 0.717) is 12.3 Å². The van der Waals surface area contributed by atoms with E-state index in [1.165, 1.54) is 12.8 Å². The normalized spacial score (nSPS) is 39.0. The van der Waals surface area contributed by atoms with Crippen LogP contribution < -0.4 is 0 Å². The second-order valence-electron chi connectivity index (χ2n) is 3.50. The van der Waals surface area contributed by atoms with E-state index in [2.05, 4.69) is 6.92 Å². The molecule has 0 saturated heterocycles. The Kier molecular flexibility index (Phi) is 3.64. The summed E-state index contributed by atoms with van der Waals surface area (Å²) in [5.41, 5.74) is 0. The summed E-state index contributed by atoms with van der Waals surface area (Å²) in [5.74, 6) is 0.602. The highest BCUT2D eigenvalue weighted by Gasteiger charge is 2.28.